The third-order valence-corrected chi connectivity index (χ3v) is 7.21. The predicted molar refractivity (Wildman–Crippen MR) is 139 cm³/mol. The number of fused-ring (bicyclic) bond motifs is 6. The van der Waals surface area contributed by atoms with Crippen molar-refractivity contribution in [2.24, 2.45) is 4.99 Å². The molecule has 7 rings (SSSR count). The standard InChI is InChI=1S/C28H25N7/c1-15-9-16(2)32-28(31-15)33-20-5-6-21-22(11-20)27(17-3-4-18-12-29-13-19(18)10-17)34-25-8-7-24-23(26(21)25)14-30-35-24/h3-4,7-10,13-14,20H,5-6,11-12H2,1-2H3,(H,30,35)(H,31,32,33). The van der Waals surface area contributed by atoms with Crippen LogP contribution in [0.4, 0.5) is 5.95 Å². The maximum absolute atomic E-state index is 5.24. The highest BCUT2D eigenvalue weighted by Crippen LogP contribution is 2.39. The van der Waals surface area contributed by atoms with Crippen LogP contribution in [0.25, 0.3) is 33.1 Å². The van der Waals surface area contributed by atoms with Crippen LogP contribution in [0.5, 0.6) is 0 Å². The van der Waals surface area contributed by atoms with Gasteiger partial charge in [-0.3, -0.25) is 10.1 Å². The Hall–Kier alpha value is -4.13. The number of H-pyrrole nitrogens is 1. The largest absolute Gasteiger partial charge is 0.351 e. The van der Waals surface area contributed by atoms with Crippen LogP contribution in [0, 0.1) is 13.8 Å². The quantitative estimate of drug-likeness (QED) is 0.392. The molecule has 7 nitrogen and oxygen atoms in total. The second-order valence-electron chi connectivity index (χ2n) is 9.65. The summed E-state index contributed by atoms with van der Waals surface area (Å²) in [5.74, 6) is 0.706. The monoisotopic (exact) mass is 459 g/mol. The zero-order valence-corrected chi connectivity index (χ0v) is 19.8. The number of aliphatic imine (C=N–C) groups is 1. The number of benzene rings is 2. The van der Waals surface area contributed by atoms with Gasteiger partial charge in [-0.05, 0) is 79.6 Å². The number of nitrogens with one attached hydrogen (secondary N) is 2. The molecular weight excluding hydrogens is 434 g/mol. The van der Waals surface area contributed by atoms with Crippen LogP contribution >= 0.6 is 0 Å². The highest BCUT2D eigenvalue weighted by atomic mass is 15.1. The average molecular weight is 460 g/mol. The number of rotatable bonds is 3. The Kier molecular flexibility index (Phi) is 4.46. The Morgan fingerprint density at radius 3 is 2.74 bits per heavy atom. The molecule has 5 aromatic rings. The van der Waals surface area contributed by atoms with Crippen LogP contribution in [-0.4, -0.2) is 37.4 Å². The Labute approximate surface area is 202 Å². The first kappa shape index (κ1) is 20.3. The molecule has 0 fully saturated rings. The van der Waals surface area contributed by atoms with Gasteiger partial charge in [-0.2, -0.15) is 5.10 Å². The van der Waals surface area contributed by atoms with E-state index < -0.39 is 0 Å². The number of hydrogen-bond donors (Lipinski definition) is 2. The molecule has 4 heterocycles. The van der Waals surface area contributed by atoms with Crippen LogP contribution in [0.1, 0.15) is 40.1 Å². The number of aromatic nitrogens is 5. The number of anilines is 1. The number of nitrogens with zero attached hydrogens (tertiary/aromatic N) is 5. The van der Waals surface area contributed by atoms with Crippen LogP contribution in [-0.2, 0) is 19.4 Å². The molecule has 172 valence electrons. The Balaban J connectivity index is 1.39. The second-order valence-corrected chi connectivity index (χ2v) is 9.65. The minimum atomic E-state index is 0.237. The highest BCUT2D eigenvalue weighted by molar-refractivity contribution is 6.07. The van der Waals surface area contributed by atoms with Gasteiger partial charge in [-0.1, -0.05) is 12.1 Å². The van der Waals surface area contributed by atoms with Crippen molar-refractivity contribution in [1.29, 1.82) is 0 Å². The zero-order valence-electron chi connectivity index (χ0n) is 19.8. The van der Waals surface area contributed by atoms with E-state index in [0.29, 0.717) is 5.95 Å². The number of aryl methyl sites for hydroxylation is 3. The van der Waals surface area contributed by atoms with Gasteiger partial charge in [0.1, 0.15) is 0 Å². The van der Waals surface area contributed by atoms with Crippen molar-refractivity contribution < 1.29 is 0 Å². The smallest absolute Gasteiger partial charge is 0.223 e. The molecule has 0 saturated heterocycles. The highest BCUT2D eigenvalue weighted by Gasteiger charge is 2.27. The van der Waals surface area contributed by atoms with Crippen molar-refractivity contribution in [3.63, 3.8) is 0 Å². The molecular formula is C28H25N7. The Bertz CT molecular complexity index is 1640. The molecule has 0 radical (unpaired) electrons. The third-order valence-electron chi connectivity index (χ3n) is 7.21. The summed E-state index contributed by atoms with van der Waals surface area (Å²) in [7, 11) is 0. The van der Waals surface area contributed by atoms with Crippen LogP contribution in [0.15, 0.2) is 47.6 Å². The summed E-state index contributed by atoms with van der Waals surface area (Å²) in [6.07, 6.45) is 6.73. The molecule has 1 aliphatic carbocycles. The zero-order chi connectivity index (χ0) is 23.5. The van der Waals surface area contributed by atoms with Gasteiger partial charge in [0, 0.05) is 40.0 Å². The lowest BCUT2D eigenvalue weighted by Crippen LogP contribution is -2.29. The minimum absolute atomic E-state index is 0.237. The van der Waals surface area contributed by atoms with E-state index in [1.54, 1.807) is 0 Å². The summed E-state index contributed by atoms with van der Waals surface area (Å²) in [6, 6.07) is 13.1. The molecule has 7 heteroatoms. The fraction of sp³-hybridized carbons (Fsp3) is 0.250. The third kappa shape index (κ3) is 3.38. The van der Waals surface area contributed by atoms with Crippen LogP contribution in [0.2, 0.25) is 0 Å². The van der Waals surface area contributed by atoms with E-state index in [-0.39, 0.29) is 6.04 Å². The van der Waals surface area contributed by atoms with Gasteiger partial charge in [0.05, 0.1) is 29.5 Å². The molecule has 3 aromatic heterocycles. The summed E-state index contributed by atoms with van der Waals surface area (Å²) < 4.78 is 0. The second kappa shape index (κ2) is 7.70. The molecule has 2 aliphatic rings. The van der Waals surface area contributed by atoms with Gasteiger partial charge in [0.25, 0.3) is 0 Å². The van der Waals surface area contributed by atoms with E-state index in [1.807, 2.05) is 32.3 Å². The van der Waals surface area contributed by atoms with Crippen molar-refractivity contribution in [2.75, 3.05) is 5.32 Å². The van der Waals surface area contributed by atoms with Crippen LogP contribution < -0.4 is 5.32 Å². The summed E-state index contributed by atoms with van der Waals surface area (Å²) in [4.78, 5) is 18.9. The number of aromatic amines is 1. The molecule has 0 saturated carbocycles. The minimum Gasteiger partial charge on any atom is -0.351 e. The average Bonchev–Trinajstić information content (AvgIpc) is 3.51. The first-order chi connectivity index (χ1) is 17.1. The summed E-state index contributed by atoms with van der Waals surface area (Å²) in [5, 5.41) is 13.4. The van der Waals surface area contributed by atoms with Crippen LogP contribution in [0.3, 0.4) is 0 Å². The van der Waals surface area contributed by atoms with E-state index >= 15 is 0 Å². The van der Waals surface area contributed by atoms with E-state index in [4.69, 9.17) is 4.98 Å². The van der Waals surface area contributed by atoms with E-state index in [0.717, 1.165) is 64.9 Å². The van der Waals surface area contributed by atoms with E-state index in [9.17, 15) is 0 Å². The SMILES string of the molecule is Cc1cc(C)nc(NC2CCc3c(c(-c4ccc5c(c4)C=NC5)nc4ccc5[nH]ncc5c34)C2)n1. The normalized spacial score (nSPS) is 16.6. The van der Waals surface area contributed by atoms with Gasteiger partial charge < -0.3 is 5.32 Å². The maximum atomic E-state index is 5.24. The van der Waals surface area contributed by atoms with Gasteiger partial charge >= 0.3 is 0 Å². The maximum Gasteiger partial charge on any atom is 0.223 e. The lowest BCUT2D eigenvalue weighted by molar-refractivity contribution is 0.608. The lowest BCUT2D eigenvalue weighted by atomic mass is 9.83. The van der Waals surface area contributed by atoms with E-state index in [1.165, 1.54) is 27.6 Å². The van der Waals surface area contributed by atoms with Crippen molar-refractivity contribution in [3.05, 3.63) is 76.2 Å². The molecule has 2 N–H and O–H groups in total. The summed E-state index contributed by atoms with van der Waals surface area (Å²) in [5.41, 5.74) is 11.4. The fourth-order valence-corrected chi connectivity index (χ4v) is 5.64. The van der Waals surface area contributed by atoms with Crippen molar-refractivity contribution in [3.8, 4) is 11.3 Å². The molecule has 2 aromatic carbocycles. The summed E-state index contributed by atoms with van der Waals surface area (Å²) >= 11 is 0. The van der Waals surface area contributed by atoms with Crippen molar-refractivity contribution in [2.45, 2.75) is 45.7 Å². The molecule has 1 atom stereocenters. The van der Waals surface area contributed by atoms with Gasteiger partial charge in [-0.15, -0.1) is 0 Å². The molecule has 0 amide bonds. The number of hydrogen-bond acceptors (Lipinski definition) is 6. The Morgan fingerprint density at radius 1 is 0.971 bits per heavy atom. The van der Waals surface area contributed by atoms with E-state index in [2.05, 4.69) is 60.8 Å². The molecule has 1 unspecified atom stereocenters. The lowest BCUT2D eigenvalue weighted by Gasteiger charge is -2.28. The predicted octanol–water partition coefficient (Wildman–Crippen LogP) is 5.09. The molecule has 0 bridgehead atoms. The first-order valence-corrected chi connectivity index (χ1v) is 12.1. The number of pyridine rings is 1. The molecule has 35 heavy (non-hydrogen) atoms. The first-order valence-electron chi connectivity index (χ1n) is 12.1. The topological polar surface area (TPSA) is 91.7 Å². The Morgan fingerprint density at radius 2 is 1.86 bits per heavy atom. The molecule has 1 aliphatic heterocycles. The van der Waals surface area contributed by atoms with Gasteiger partial charge in [0.15, 0.2) is 0 Å². The molecule has 0 spiro atoms. The van der Waals surface area contributed by atoms with Gasteiger partial charge in [-0.25, -0.2) is 15.0 Å². The summed E-state index contributed by atoms with van der Waals surface area (Å²) in [6.45, 7) is 4.79. The van der Waals surface area contributed by atoms with Gasteiger partial charge in [0.2, 0.25) is 5.95 Å². The van der Waals surface area contributed by atoms with Crippen molar-refractivity contribution >= 4 is 34.0 Å². The fourth-order valence-electron chi connectivity index (χ4n) is 5.64. The van der Waals surface area contributed by atoms with Crippen molar-refractivity contribution in [1.82, 2.24) is 25.1 Å².